The van der Waals surface area contributed by atoms with Crippen LogP contribution in [0.5, 0.6) is 5.75 Å². The third-order valence-corrected chi connectivity index (χ3v) is 5.63. The molecule has 1 aliphatic carbocycles. The van der Waals surface area contributed by atoms with Crippen LogP contribution in [0.1, 0.15) is 36.8 Å². The van der Waals surface area contributed by atoms with Crippen LogP contribution in [0, 0.1) is 12.8 Å². The van der Waals surface area contributed by atoms with Crippen LogP contribution in [0.3, 0.4) is 0 Å². The van der Waals surface area contributed by atoms with E-state index in [0.29, 0.717) is 11.4 Å². The van der Waals surface area contributed by atoms with Crippen molar-refractivity contribution in [3.05, 3.63) is 53.6 Å². The molecule has 0 radical (unpaired) electrons. The number of rotatable bonds is 5. The molecule has 146 valence electrons. The second-order valence-electron chi connectivity index (χ2n) is 7.71. The SMILES string of the molecule is Cc1ccc(OCC(=O)Nc2ccc3c(c2)N(C(=O)C2CCCC2)CC3)cc1. The standard InChI is InChI=1S/C23H26N2O3/c1-16-6-10-20(11-7-16)28-15-22(26)24-19-9-8-17-12-13-25(21(17)14-19)23(27)18-4-2-3-5-18/h6-11,14,18H,2-5,12-13,15H2,1H3,(H,24,26). The Morgan fingerprint density at radius 2 is 1.86 bits per heavy atom. The fraction of sp³-hybridized carbons (Fsp3) is 0.391. The summed E-state index contributed by atoms with van der Waals surface area (Å²) < 4.78 is 5.54. The van der Waals surface area contributed by atoms with E-state index in [4.69, 9.17) is 4.74 Å². The van der Waals surface area contributed by atoms with Gasteiger partial charge in [0, 0.05) is 23.8 Å². The second kappa shape index (κ2) is 8.05. The van der Waals surface area contributed by atoms with E-state index in [-0.39, 0.29) is 24.3 Å². The molecule has 28 heavy (non-hydrogen) atoms. The van der Waals surface area contributed by atoms with Crippen molar-refractivity contribution in [2.24, 2.45) is 5.92 Å². The molecule has 0 spiro atoms. The third kappa shape index (κ3) is 4.03. The van der Waals surface area contributed by atoms with Crippen LogP contribution >= 0.6 is 0 Å². The minimum absolute atomic E-state index is 0.0507. The van der Waals surface area contributed by atoms with Crippen molar-refractivity contribution in [1.29, 1.82) is 0 Å². The molecule has 0 bridgehead atoms. The lowest BCUT2D eigenvalue weighted by Gasteiger charge is -2.21. The number of benzene rings is 2. The molecule has 1 N–H and O–H groups in total. The fourth-order valence-corrected chi connectivity index (χ4v) is 4.06. The van der Waals surface area contributed by atoms with Gasteiger partial charge < -0.3 is 15.0 Å². The van der Waals surface area contributed by atoms with Crippen molar-refractivity contribution in [2.75, 3.05) is 23.4 Å². The van der Waals surface area contributed by atoms with Gasteiger partial charge in [-0.15, -0.1) is 0 Å². The first kappa shape index (κ1) is 18.5. The summed E-state index contributed by atoms with van der Waals surface area (Å²) in [4.78, 5) is 27.0. The quantitative estimate of drug-likeness (QED) is 0.852. The summed E-state index contributed by atoms with van der Waals surface area (Å²) in [6.45, 7) is 2.69. The Balaban J connectivity index is 1.39. The number of nitrogens with zero attached hydrogens (tertiary/aromatic N) is 1. The van der Waals surface area contributed by atoms with E-state index < -0.39 is 0 Å². The molecule has 1 heterocycles. The highest BCUT2D eigenvalue weighted by molar-refractivity contribution is 5.99. The van der Waals surface area contributed by atoms with Crippen LogP contribution in [0.25, 0.3) is 0 Å². The first-order valence-corrected chi connectivity index (χ1v) is 10.0. The highest BCUT2D eigenvalue weighted by Crippen LogP contribution is 2.35. The first-order chi connectivity index (χ1) is 13.6. The zero-order valence-electron chi connectivity index (χ0n) is 16.2. The molecule has 5 nitrogen and oxygen atoms in total. The Kier molecular flexibility index (Phi) is 5.33. The summed E-state index contributed by atoms with van der Waals surface area (Å²) in [6.07, 6.45) is 5.16. The van der Waals surface area contributed by atoms with Gasteiger partial charge in [-0.05, 0) is 56.0 Å². The van der Waals surface area contributed by atoms with Crippen molar-refractivity contribution in [2.45, 2.75) is 39.0 Å². The minimum Gasteiger partial charge on any atom is -0.484 e. The zero-order chi connectivity index (χ0) is 19.5. The van der Waals surface area contributed by atoms with E-state index >= 15 is 0 Å². The second-order valence-corrected chi connectivity index (χ2v) is 7.71. The number of hydrogen-bond donors (Lipinski definition) is 1. The van der Waals surface area contributed by atoms with E-state index in [9.17, 15) is 9.59 Å². The van der Waals surface area contributed by atoms with Gasteiger partial charge in [-0.2, -0.15) is 0 Å². The molecule has 2 amide bonds. The van der Waals surface area contributed by atoms with Crippen molar-refractivity contribution in [1.82, 2.24) is 0 Å². The molecular formula is C23H26N2O3. The molecule has 0 atom stereocenters. The van der Waals surface area contributed by atoms with Crippen LogP contribution in [-0.2, 0) is 16.0 Å². The molecule has 2 aromatic carbocycles. The molecule has 1 fully saturated rings. The Morgan fingerprint density at radius 3 is 2.61 bits per heavy atom. The number of carbonyl (C=O) groups is 2. The Morgan fingerprint density at radius 1 is 1.11 bits per heavy atom. The van der Waals surface area contributed by atoms with E-state index in [1.54, 1.807) is 0 Å². The van der Waals surface area contributed by atoms with E-state index in [1.165, 1.54) is 5.56 Å². The number of hydrogen-bond acceptors (Lipinski definition) is 3. The zero-order valence-corrected chi connectivity index (χ0v) is 16.2. The number of ether oxygens (including phenoxy) is 1. The summed E-state index contributed by atoms with van der Waals surface area (Å²) in [6, 6.07) is 13.4. The summed E-state index contributed by atoms with van der Waals surface area (Å²) >= 11 is 0. The Hall–Kier alpha value is -2.82. The summed E-state index contributed by atoms with van der Waals surface area (Å²) in [5.41, 5.74) is 3.95. The molecule has 1 aliphatic heterocycles. The normalized spacial score (nSPS) is 16.1. The van der Waals surface area contributed by atoms with E-state index in [1.807, 2.05) is 54.3 Å². The maximum absolute atomic E-state index is 12.8. The maximum atomic E-state index is 12.8. The molecule has 2 aromatic rings. The molecule has 1 saturated carbocycles. The van der Waals surface area contributed by atoms with Gasteiger partial charge in [0.25, 0.3) is 5.91 Å². The summed E-state index contributed by atoms with van der Waals surface area (Å²) in [5, 5.41) is 2.88. The number of aryl methyl sites for hydroxylation is 1. The van der Waals surface area contributed by atoms with Gasteiger partial charge >= 0.3 is 0 Å². The molecule has 5 heteroatoms. The van der Waals surface area contributed by atoms with Gasteiger partial charge in [0.2, 0.25) is 5.91 Å². The van der Waals surface area contributed by atoms with Crippen molar-refractivity contribution >= 4 is 23.2 Å². The highest BCUT2D eigenvalue weighted by Gasteiger charge is 2.31. The minimum atomic E-state index is -0.216. The van der Waals surface area contributed by atoms with Gasteiger partial charge in [0.1, 0.15) is 5.75 Å². The monoisotopic (exact) mass is 378 g/mol. The Bertz CT molecular complexity index is 870. The molecular weight excluding hydrogens is 352 g/mol. The number of nitrogens with one attached hydrogen (secondary N) is 1. The molecule has 4 rings (SSSR count). The van der Waals surface area contributed by atoms with Crippen LogP contribution in [0.15, 0.2) is 42.5 Å². The topological polar surface area (TPSA) is 58.6 Å². The average Bonchev–Trinajstić information content (AvgIpc) is 3.37. The first-order valence-electron chi connectivity index (χ1n) is 10.0. The van der Waals surface area contributed by atoms with Gasteiger partial charge in [0.05, 0.1) is 0 Å². The number of carbonyl (C=O) groups excluding carboxylic acids is 2. The van der Waals surface area contributed by atoms with Gasteiger partial charge in [-0.3, -0.25) is 9.59 Å². The number of amides is 2. The third-order valence-electron chi connectivity index (χ3n) is 5.63. The van der Waals surface area contributed by atoms with E-state index in [0.717, 1.165) is 49.9 Å². The molecule has 0 saturated heterocycles. The fourth-order valence-electron chi connectivity index (χ4n) is 4.06. The molecule has 0 aromatic heterocycles. The van der Waals surface area contributed by atoms with Crippen molar-refractivity contribution in [3.8, 4) is 5.75 Å². The summed E-state index contributed by atoms with van der Waals surface area (Å²) in [7, 11) is 0. The highest BCUT2D eigenvalue weighted by atomic mass is 16.5. The Labute approximate surface area is 165 Å². The van der Waals surface area contributed by atoms with E-state index in [2.05, 4.69) is 5.32 Å². The smallest absolute Gasteiger partial charge is 0.262 e. The van der Waals surface area contributed by atoms with Crippen LogP contribution in [0.4, 0.5) is 11.4 Å². The van der Waals surface area contributed by atoms with Gasteiger partial charge in [-0.25, -0.2) is 0 Å². The van der Waals surface area contributed by atoms with Crippen molar-refractivity contribution < 1.29 is 14.3 Å². The lowest BCUT2D eigenvalue weighted by atomic mass is 10.1. The van der Waals surface area contributed by atoms with Gasteiger partial charge in [0.15, 0.2) is 6.61 Å². The van der Waals surface area contributed by atoms with Crippen LogP contribution in [-0.4, -0.2) is 25.0 Å². The largest absolute Gasteiger partial charge is 0.484 e. The maximum Gasteiger partial charge on any atom is 0.262 e. The van der Waals surface area contributed by atoms with Crippen LogP contribution < -0.4 is 15.0 Å². The van der Waals surface area contributed by atoms with Crippen molar-refractivity contribution in [3.63, 3.8) is 0 Å². The number of fused-ring (bicyclic) bond motifs is 1. The summed E-state index contributed by atoms with van der Waals surface area (Å²) in [5.74, 6) is 0.852. The average molecular weight is 378 g/mol. The molecule has 2 aliphatic rings. The molecule has 0 unspecified atom stereocenters. The predicted molar refractivity (Wildman–Crippen MR) is 110 cm³/mol. The number of anilines is 2. The predicted octanol–water partition coefficient (Wildman–Crippen LogP) is 4.09. The van der Waals surface area contributed by atoms with Gasteiger partial charge in [-0.1, -0.05) is 36.6 Å². The lowest BCUT2D eigenvalue weighted by Crippen LogP contribution is -2.33. The van der Waals surface area contributed by atoms with Crippen LogP contribution in [0.2, 0.25) is 0 Å². The lowest BCUT2D eigenvalue weighted by molar-refractivity contribution is -0.122.